The van der Waals surface area contributed by atoms with E-state index >= 15 is 0 Å². The Morgan fingerprint density at radius 3 is 1.00 bits per heavy atom. The fourth-order valence-corrected chi connectivity index (χ4v) is 0.847. The molecule has 0 unspecified atom stereocenters. The maximum atomic E-state index is 4.49. The summed E-state index contributed by atoms with van der Waals surface area (Å²) in [5.41, 5.74) is 0. The molecule has 0 aliphatic heterocycles. The summed E-state index contributed by atoms with van der Waals surface area (Å²) >= 11 is 22.5. The molecule has 10 heavy (non-hydrogen) atoms. The van der Waals surface area contributed by atoms with Crippen LogP contribution >= 0.6 is 76.3 Å². The van der Waals surface area contributed by atoms with Crippen molar-refractivity contribution in [3.05, 3.63) is 0 Å². The van der Waals surface area contributed by atoms with Crippen LogP contribution in [0, 0.1) is 0 Å². The second-order valence-corrected chi connectivity index (χ2v) is 4.99. The van der Waals surface area contributed by atoms with Crippen molar-refractivity contribution in [3.8, 4) is 0 Å². The van der Waals surface area contributed by atoms with Crippen molar-refractivity contribution in [2.24, 2.45) is 0 Å². The Hall–Kier alpha value is 2.02. The van der Waals surface area contributed by atoms with E-state index in [4.69, 9.17) is 0 Å². The van der Waals surface area contributed by atoms with E-state index in [1.165, 1.54) is 0 Å². The lowest BCUT2D eigenvalue weighted by Gasteiger charge is -2.32. The third-order valence-corrected chi connectivity index (χ3v) is 4.13. The lowest BCUT2D eigenvalue weighted by atomic mass is 10.7. The van der Waals surface area contributed by atoms with Gasteiger partial charge in [-0.05, 0) is 25.8 Å². The van der Waals surface area contributed by atoms with E-state index in [2.05, 4.69) is 84.7 Å². The van der Waals surface area contributed by atoms with Gasteiger partial charge >= 0.3 is 0 Å². The zero-order valence-corrected chi connectivity index (χ0v) is 9.87. The number of thiol groups is 6. The molecule has 0 atom stereocenters. The summed E-state index contributed by atoms with van der Waals surface area (Å²) in [5.74, 6) is 0. The number of hydrogen-bond donors (Lipinski definition) is 6. The first-order valence-corrected chi connectivity index (χ1v) is 4.44. The first-order valence-electron chi connectivity index (χ1n) is 1.92. The van der Waals surface area contributed by atoms with Gasteiger partial charge in [0.15, 0.2) is 0 Å². The van der Waals surface area contributed by atoms with E-state index < -0.39 is 8.53 Å². The molecule has 0 rings (SSSR count). The van der Waals surface area contributed by atoms with E-state index in [1.54, 1.807) is 0 Å². The quantitative estimate of drug-likeness (QED) is 0.262. The molecule has 0 N–H and O–H groups in total. The average molecular weight is 254 g/mol. The zero-order chi connectivity index (χ0) is 8.41. The Morgan fingerprint density at radius 1 is 0.700 bits per heavy atom. The van der Waals surface area contributed by atoms with Crippen LogP contribution in [0.25, 0.3) is 0 Å². The highest BCUT2D eigenvalue weighted by Crippen LogP contribution is 2.44. The van der Waals surface area contributed by atoms with Crippen molar-refractivity contribution >= 4 is 76.3 Å². The first-order chi connectivity index (χ1) is 4.37. The Kier molecular flexibility index (Phi) is 5.18. The molecular formula is C2H6O2S6. The van der Waals surface area contributed by atoms with Crippen LogP contribution in [0.3, 0.4) is 0 Å². The predicted octanol–water partition coefficient (Wildman–Crippen LogP) is 1.74. The highest BCUT2D eigenvalue weighted by atomic mass is 32.2. The van der Waals surface area contributed by atoms with Crippen LogP contribution in [0.15, 0.2) is 0 Å². The van der Waals surface area contributed by atoms with Gasteiger partial charge in [-0.25, -0.2) is 0 Å². The Balaban J connectivity index is 4.28. The molecule has 2 nitrogen and oxygen atoms in total. The molecular weight excluding hydrogens is 248 g/mol. The summed E-state index contributed by atoms with van der Waals surface area (Å²) in [5, 5.41) is 0. The molecule has 0 spiro atoms. The normalized spacial score (nSPS) is 13.8. The average Bonchev–Trinajstić information content (AvgIpc) is 1.88. The number of rotatable bonds is 3. The fraction of sp³-hybridized carbons (Fsp3) is 1.00. The van der Waals surface area contributed by atoms with Gasteiger partial charge in [-0.3, -0.25) is 8.37 Å². The van der Waals surface area contributed by atoms with Gasteiger partial charge in [0, 0.05) is 0 Å². The van der Waals surface area contributed by atoms with Crippen molar-refractivity contribution in [3.63, 3.8) is 0 Å². The lowest BCUT2D eigenvalue weighted by Crippen LogP contribution is -2.37. The Bertz CT molecular complexity index is 98.3. The molecule has 0 aliphatic carbocycles. The third-order valence-electron chi connectivity index (χ3n) is 0.679. The molecule has 0 saturated heterocycles. The zero-order valence-electron chi connectivity index (χ0n) is 4.50. The van der Waals surface area contributed by atoms with Crippen molar-refractivity contribution in [2.75, 3.05) is 0 Å². The second-order valence-electron chi connectivity index (χ2n) is 1.40. The van der Waals surface area contributed by atoms with Gasteiger partial charge in [0.2, 0.25) is 8.53 Å². The summed E-state index contributed by atoms with van der Waals surface area (Å²) in [6.45, 7) is 0. The molecule has 8 heteroatoms. The van der Waals surface area contributed by atoms with Gasteiger partial charge in [-0.15, -0.1) is 50.5 Å². The summed E-state index contributed by atoms with van der Waals surface area (Å²) in [6, 6.07) is 0. The molecule has 0 aliphatic rings. The molecule has 0 aromatic heterocycles. The predicted molar refractivity (Wildman–Crippen MR) is 61.5 cm³/mol. The van der Waals surface area contributed by atoms with Gasteiger partial charge in [0.1, 0.15) is 0 Å². The molecule has 0 saturated carbocycles. The van der Waals surface area contributed by atoms with Crippen molar-refractivity contribution in [2.45, 2.75) is 8.53 Å². The fourth-order valence-electron chi connectivity index (χ4n) is 0.119. The minimum Gasteiger partial charge on any atom is -0.286 e. The highest BCUT2D eigenvalue weighted by molar-refractivity contribution is 8.08. The topological polar surface area (TPSA) is 18.5 Å². The number of hydrogen-bond acceptors (Lipinski definition) is 8. The van der Waals surface area contributed by atoms with Gasteiger partial charge in [-0.1, -0.05) is 0 Å². The highest BCUT2D eigenvalue weighted by Gasteiger charge is 2.44. The molecule has 0 aromatic rings. The Labute approximate surface area is 92.7 Å². The largest absolute Gasteiger partial charge is 0.286 e. The van der Waals surface area contributed by atoms with Crippen LogP contribution in [0.5, 0.6) is 0 Å². The van der Waals surface area contributed by atoms with Crippen LogP contribution in [0.4, 0.5) is 0 Å². The van der Waals surface area contributed by atoms with Crippen molar-refractivity contribution in [1.82, 2.24) is 0 Å². The minimum atomic E-state index is -1.33. The Morgan fingerprint density at radius 2 is 0.900 bits per heavy atom. The minimum absolute atomic E-state index is 1.33. The van der Waals surface area contributed by atoms with Crippen molar-refractivity contribution < 1.29 is 8.37 Å². The molecule has 0 radical (unpaired) electrons. The van der Waals surface area contributed by atoms with Crippen molar-refractivity contribution in [1.29, 1.82) is 0 Å². The first kappa shape index (κ1) is 12.0. The molecule has 0 amide bonds. The van der Waals surface area contributed by atoms with E-state index in [1.807, 2.05) is 0 Å². The standard InChI is InChI=1S/C2H6O2S6/c5-1(6,3-9)2(7,8)4-10/h5-10H. The molecule has 0 heterocycles. The summed E-state index contributed by atoms with van der Waals surface area (Å²) in [7, 11) is 0. The van der Waals surface area contributed by atoms with Crippen LogP contribution < -0.4 is 0 Å². The van der Waals surface area contributed by atoms with Gasteiger partial charge in [0.25, 0.3) is 0 Å². The van der Waals surface area contributed by atoms with E-state index in [0.29, 0.717) is 0 Å². The second kappa shape index (κ2) is 4.31. The van der Waals surface area contributed by atoms with E-state index in [-0.39, 0.29) is 0 Å². The summed E-state index contributed by atoms with van der Waals surface area (Å²) in [6.07, 6.45) is 0. The molecule has 0 aromatic carbocycles. The van der Waals surface area contributed by atoms with E-state index in [0.717, 1.165) is 0 Å². The SMILES string of the molecule is SOC(S)(S)C(S)(S)OS. The van der Waals surface area contributed by atoms with Crippen LogP contribution in [-0.2, 0) is 8.37 Å². The van der Waals surface area contributed by atoms with Crippen LogP contribution in [0.2, 0.25) is 0 Å². The lowest BCUT2D eigenvalue weighted by molar-refractivity contribution is 0.174. The molecule has 0 bridgehead atoms. The van der Waals surface area contributed by atoms with Gasteiger partial charge < -0.3 is 0 Å². The summed E-state index contributed by atoms with van der Waals surface area (Å²) in [4.78, 5) is 0. The summed E-state index contributed by atoms with van der Waals surface area (Å²) < 4.78 is 6.32. The van der Waals surface area contributed by atoms with Gasteiger partial charge in [-0.2, -0.15) is 0 Å². The van der Waals surface area contributed by atoms with E-state index in [9.17, 15) is 0 Å². The van der Waals surface area contributed by atoms with Crippen LogP contribution in [0.1, 0.15) is 0 Å². The van der Waals surface area contributed by atoms with Crippen LogP contribution in [-0.4, -0.2) is 8.53 Å². The maximum absolute atomic E-state index is 4.49. The third kappa shape index (κ3) is 2.81. The smallest absolute Gasteiger partial charge is 0.216 e. The van der Waals surface area contributed by atoms with Gasteiger partial charge in [0.05, 0.1) is 0 Å². The molecule has 62 valence electrons. The molecule has 0 fully saturated rings. The maximum Gasteiger partial charge on any atom is 0.216 e. The monoisotopic (exact) mass is 254 g/mol.